The van der Waals surface area contributed by atoms with Gasteiger partial charge in [-0.15, -0.1) is 0 Å². The monoisotopic (exact) mass is 208 g/mol. The molecule has 0 amide bonds. The minimum absolute atomic E-state index is 0.0586. The van der Waals surface area contributed by atoms with Crippen LogP contribution in [0.1, 0.15) is 30.6 Å². The van der Waals surface area contributed by atoms with Gasteiger partial charge in [0.1, 0.15) is 0 Å². The van der Waals surface area contributed by atoms with Crippen LogP contribution in [0.4, 0.5) is 0 Å². The Morgan fingerprint density at radius 3 is 2.73 bits per heavy atom. The lowest BCUT2D eigenvalue weighted by molar-refractivity contribution is 0.152. The van der Waals surface area contributed by atoms with Gasteiger partial charge in [0.05, 0.1) is 0 Å². The van der Waals surface area contributed by atoms with E-state index in [1.54, 1.807) is 7.11 Å². The number of pyridine rings is 1. The van der Waals surface area contributed by atoms with Gasteiger partial charge in [0.2, 0.25) is 0 Å². The highest BCUT2D eigenvalue weighted by Gasteiger charge is 2.11. The van der Waals surface area contributed by atoms with E-state index in [0.717, 1.165) is 24.3 Å². The molecule has 3 heteroatoms. The Bertz CT molecular complexity index is 284. The van der Waals surface area contributed by atoms with E-state index in [9.17, 15) is 0 Å². The van der Waals surface area contributed by atoms with Crippen LogP contribution in [0.5, 0.6) is 0 Å². The number of hydrogen-bond donors (Lipinski definition) is 1. The third-order valence-corrected chi connectivity index (χ3v) is 2.47. The maximum atomic E-state index is 6.08. The molecule has 2 N–H and O–H groups in total. The summed E-state index contributed by atoms with van der Waals surface area (Å²) in [6, 6.07) is 4.10. The number of aryl methyl sites for hydroxylation is 1. The van der Waals surface area contributed by atoms with Crippen molar-refractivity contribution >= 4 is 0 Å². The van der Waals surface area contributed by atoms with E-state index in [-0.39, 0.29) is 6.04 Å². The molecule has 84 valence electrons. The zero-order valence-electron chi connectivity index (χ0n) is 9.73. The summed E-state index contributed by atoms with van der Waals surface area (Å²) in [5.74, 6) is 0.478. The first-order chi connectivity index (χ1) is 7.13. The molecular formula is C12H20N2O. The van der Waals surface area contributed by atoms with Gasteiger partial charge in [-0.2, -0.15) is 0 Å². The summed E-state index contributed by atoms with van der Waals surface area (Å²) in [6.45, 7) is 4.88. The molecule has 2 atom stereocenters. The lowest BCUT2D eigenvalue weighted by Gasteiger charge is -2.16. The van der Waals surface area contributed by atoms with Crippen molar-refractivity contribution in [1.82, 2.24) is 4.98 Å². The van der Waals surface area contributed by atoms with E-state index >= 15 is 0 Å². The number of nitrogens with two attached hydrogens (primary N) is 1. The smallest absolute Gasteiger partial charge is 0.0488 e. The van der Waals surface area contributed by atoms with Crippen molar-refractivity contribution in [1.29, 1.82) is 0 Å². The van der Waals surface area contributed by atoms with E-state index in [4.69, 9.17) is 10.5 Å². The average Bonchev–Trinajstić information content (AvgIpc) is 2.18. The summed E-state index contributed by atoms with van der Waals surface area (Å²) in [5.41, 5.74) is 8.21. The largest absolute Gasteiger partial charge is 0.384 e. The van der Waals surface area contributed by atoms with Gasteiger partial charge in [0, 0.05) is 31.6 Å². The van der Waals surface area contributed by atoms with Crippen LogP contribution in [0.2, 0.25) is 0 Å². The van der Waals surface area contributed by atoms with E-state index in [0.29, 0.717) is 5.92 Å². The molecular weight excluding hydrogens is 188 g/mol. The standard InChI is InChI=1S/C12H20N2O/c1-9(8-15-3)6-12(13)11-5-4-10(2)14-7-11/h4-5,7,9,12H,6,8,13H2,1-3H3. The van der Waals surface area contributed by atoms with Crippen LogP contribution < -0.4 is 5.73 Å². The Morgan fingerprint density at radius 2 is 2.20 bits per heavy atom. The van der Waals surface area contributed by atoms with Crippen molar-refractivity contribution in [3.05, 3.63) is 29.6 Å². The molecule has 1 rings (SSSR count). The second-order valence-corrected chi connectivity index (χ2v) is 4.14. The van der Waals surface area contributed by atoms with Crippen LogP contribution in [-0.2, 0) is 4.74 Å². The number of methoxy groups -OCH3 is 1. The maximum absolute atomic E-state index is 6.08. The maximum Gasteiger partial charge on any atom is 0.0488 e. The van der Waals surface area contributed by atoms with Crippen LogP contribution >= 0.6 is 0 Å². The van der Waals surface area contributed by atoms with Crippen LogP contribution in [0.15, 0.2) is 18.3 Å². The lowest BCUT2D eigenvalue weighted by atomic mass is 9.98. The van der Waals surface area contributed by atoms with Crippen LogP contribution in [-0.4, -0.2) is 18.7 Å². The molecule has 1 aromatic heterocycles. The number of aromatic nitrogens is 1. The van der Waals surface area contributed by atoms with Gasteiger partial charge in [-0.05, 0) is 30.9 Å². The van der Waals surface area contributed by atoms with Crippen LogP contribution in [0, 0.1) is 12.8 Å². The van der Waals surface area contributed by atoms with Gasteiger partial charge in [-0.25, -0.2) is 0 Å². The third kappa shape index (κ3) is 3.98. The van der Waals surface area contributed by atoms with Crippen molar-refractivity contribution in [2.24, 2.45) is 11.7 Å². The molecule has 0 radical (unpaired) electrons. The molecule has 0 aliphatic rings. The summed E-state index contributed by atoms with van der Waals surface area (Å²) in [4.78, 5) is 4.24. The zero-order valence-corrected chi connectivity index (χ0v) is 9.73. The van der Waals surface area contributed by atoms with Crippen molar-refractivity contribution < 1.29 is 4.74 Å². The Hall–Kier alpha value is -0.930. The molecule has 0 saturated heterocycles. The molecule has 15 heavy (non-hydrogen) atoms. The first kappa shape index (κ1) is 12.1. The number of nitrogens with zero attached hydrogens (tertiary/aromatic N) is 1. The number of rotatable bonds is 5. The normalized spacial score (nSPS) is 14.9. The van der Waals surface area contributed by atoms with E-state index < -0.39 is 0 Å². The summed E-state index contributed by atoms with van der Waals surface area (Å²) in [7, 11) is 1.72. The molecule has 1 aromatic rings. The van der Waals surface area contributed by atoms with Crippen LogP contribution in [0.25, 0.3) is 0 Å². The van der Waals surface area contributed by atoms with Gasteiger partial charge in [0.25, 0.3) is 0 Å². The predicted molar refractivity (Wildman–Crippen MR) is 61.6 cm³/mol. The summed E-state index contributed by atoms with van der Waals surface area (Å²) in [5, 5.41) is 0. The number of hydrogen-bond acceptors (Lipinski definition) is 3. The molecule has 0 aliphatic heterocycles. The van der Waals surface area contributed by atoms with Gasteiger partial charge >= 0.3 is 0 Å². The zero-order chi connectivity index (χ0) is 11.3. The average molecular weight is 208 g/mol. The summed E-state index contributed by atoms with van der Waals surface area (Å²) in [6.07, 6.45) is 2.79. The van der Waals surface area contributed by atoms with E-state index in [2.05, 4.69) is 11.9 Å². The Labute approximate surface area is 91.7 Å². The molecule has 0 saturated carbocycles. The van der Waals surface area contributed by atoms with Crippen molar-refractivity contribution in [3.8, 4) is 0 Å². The van der Waals surface area contributed by atoms with Gasteiger partial charge < -0.3 is 10.5 Å². The van der Waals surface area contributed by atoms with Crippen molar-refractivity contribution in [2.75, 3.05) is 13.7 Å². The first-order valence-electron chi connectivity index (χ1n) is 5.30. The second-order valence-electron chi connectivity index (χ2n) is 4.14. The highest BCUT2D eigenvalue weighted by atomic mass is 16.5. The molecule has 1 heterocycles. The van der Waals surface area contributed by atoms with Crippen molar-refractivity contribution in [2.45, 2.75) is 26.3 Å². The first-order valence-corrected chi connectivity index (χ1v) is 5.30. The molecule has 3 nitrogen and oxygen atoms in total. The minimum Gasteiger partial charge on any atom is -0.384 e. The quantitative estimate of drug-likeness (QED) is 0.805. The Balaban J connectivity index is 2.53. The SMILES string of the molecule is COCC(C)CC(N)c1ccc(C)nc1. The summed E-state index contributed by atoms with van der Waals surface area (Å²) < 4.78 is 5.09. The molecule has 0 fully saturated rings. The minimum atomic E-state index is 0.0586. The van der Waals surface area contributed by atoms with Crippen LogP contribution in [0.3, 0.4) is 0 Å². The molecule has 0 aromatic carbocycles. The van der Waals surface area contributed by atoms with Crippen molar-refractivity contribution in [3.63, 3.8) is 0 Å². The van der Waals surface area contributed by atoms with Gasteiger partial charge in [-0.1, -0.05) is 13.0 Å². The topological polar surface area (TPSA) is 48.1 Å². The Morgan fingerprint density at radius 1 is 1.47 bits per heavy atom. The van der Waals surface area contributed by atoms with Gasteiger partial charge in [-0.3, -0.25) is 4.98 Å². The molecule has 0 spiro atoms. The fraction of sp³-hybridized carbons (Fsp3) is 0.583. The number of ether oxygens (including phenoxy) is 1. The summed E-state index contributed by atoms with van der Waals surface area (Å²) >= 11 is 0. The molecule has 0 bridgehead atoms. The fourth-order valence-electron chi connectivity index (χ4n) is 1.62. The highest BCUT2D eigenvalue weighted by molar-refractivity contribution is 5.16. The third-order valence-electron chi connectivity index (χ3n) is 2.47. The van der Waals surface area contributed by atoms with E-state index in [1.807, 2.05) is 25.3 Å². The van der Waals surface area contributed by atoms with E-state index in [1.165, 1.54) is 0 Å². The Kier molecular flexibility index (Phi) is 4.72. The lowest BCUT2D eigenvalue weighted by Crippen LogP contribution is -2.16. The highest BCUT2D eigenvalue weighted by Crippen LogP contribution is 2.18. The second kappa shape index (κ2) is 5.83. The molecule has 2 unspecified atom stereocenters. The van der Waals surface area contributed by atoms with Gasteiger partial charge in [0.15, 0.2) is 0 Å². The predicted octanol–water partition coefficient (Wildman–Crippen LogP) is 2.06. The molecule has 0 aliphatic carbocycles. The fourth-order valence-corrected chi connectivity index (χ4v) is 1.62.